The molecular formula is C23H32ClF3N6O5. The number of hydrogen-bond acceptors (Lipinski definition) is 7. The zero-order chi connectivity index (χ0) is 28.7. The van der Waals surface area contributed by atoms with Crippen molar-refractivity contribution in [1.29, 1.82) is 0 Å². The molecule has 0 saturated carbocycles. The van der Waals surface area contributed by atoms with Crippen molar-refractivity contribution in [2.24, 2.45) is 16.7 Å². The monoisotopic (exact) mass is 564 g/mol. The second kappa shape index (κ2) is 16.5. The van der Waals surface area contributed by atoms with Crippen LogP contribution in [-0.4, -0.2) is 83.2 Å². The number of carbonyl (C=O) groups excluding carboxylic acids is 3. The van der Waals surface area contributed by atoms with Gasteiger partial charge in [0.15, 0.2) is 5.78 Å². The van der Waals surface area contributed by atoms with Gasteiger partial charge in [0, 0.05) is 13.1 Å². The third-order valence-corrected chi connectivity index (χ3v) is 5.78. The lowest BCUT2D eigenvalue weighted by Crippen LogP contribution is -2.54. The standard InChI is InChI=1S/C21H31ClN6O3.C2HF3O2/c22-13-19(29)17(8-4-10-25-14-26-24)27-20(30)18-9-5-11-28(18)21(31)16(23)12-15-6-2-1-3-7-15;3-2(4,5)1(6)7/h1-3,6-7,14,16-18H,4-5,8-13,23-24H2,(H,25,26)(H,27,30);(H,6,7)/t16-,17+,18+;/m1./s1. The van der Waals surface area contributed by atoms with E-state index in [0.29, 0.717) is 45.2 Å². The average molecular weight is 565 g/mol. The number of hydrogen-bond donors (Lipinski definition) is 5. The summed E-state index contributed by atoms with van der Waals surface area (Å²) in [6, 6.07) is 7.44. The number of Topliss-reactive ketones (excluding diaryl/α,β-unsaturated/α-hetero) is 1. The summed E-state index contributed by atoms with van der Waals surface area (Å²) in [7, 11) is 0. The number of alkyl halides is 4. The van der Waals surface area contributed by atoms with E-state index >= 15 is 0 Å². The van der Waals surface area contributed by atoms with Crippen LogP contribution < -0.4 is 22.2 Å². The minimum Gasteiger partial charge on any atom is -0.475 e. The van der Waals surface area contributed by atoms with E-state index in [9.17, 15) is 27.6 Å². The minimum atomic E-state index is -5.08. The average Bonchev–Trinajstić information content (AvgIpc) is 3.37. The number of hydrazone groups is 1. The maximum atomic E-state index is 12.9. The first kappa shape index (κ1) is 32.6. The zero-order valence-electron chi connectivity index (χ0n) is 20.5. The van der Waals surface area contributed by atoms with E-state index < -0.39 is 30.3 Å². The van der Waals surface area contributed by atoms with Crippen molar-refractivity contribution in [3.05, 3.63) is 35.9 Å². The summed E-state index contributed by atoms with van der Waals surface area (Å²) >= 11 is 5.71. The molecule has 38 heavy (non-hydrogen) atoms. The molecule has 1 fully saturated rings. The number of rotatable bonds is 12. The molecule has 212 valence electrons. The van der Waals surface area contributed by atoms with E-state index in [1.807, 2.05) is 30.3 Å². The molecule has 2 amide bonds. The summed E-state index contributed by atoms with van der Waals surface area (Å²) in [6.45, 7) is 1.01. The van der Waals surface area contributed by atoms with Crippen molar-refractivity contribution in [2.75, 3.05) is 19.0 Å². The molecule has 7 N–H and O–H groups in total. The molecule has 0 radical (unpaired) electrons. The highest BCUT2D eigenvalue weighted by Crippen LogP contribution is 2.20. The number of carboxylic acids is 1. The van der Waals surface area contributed by atoms with Gasteiger partial charge in [0.05, 0.1) is 18.0 Å². The number of ketones is 1. The molecular weight excluding hydrogens is 533 g/mol. The second-order valence-electron chi connectivity index (χ2n) is 8.32. The first-order valence-corrected chi connectivity index (χ1v) is 12.2. The molecule has 0 aliphatic carbocycles. The van der Waals surface area contributed by atoms with Gasteiger partial charge in [-0.25, -0.2) is 4.79 Å². The van der Waals surface area contributed by atoms with Gasteiger partial charge >= 0.3 is 12.1 Å². The van der Waals surface area contributed by atoms with Gasteiger partial charge < -0.3 is 32.2 Å². The van der Waals surface area contributed by atoms with Crippen LogP contribution in [0.3, 0.4) is 0 Å². The third-order valence-electron chi connectivity index (χ3n) is 5.51. The Hall–Kier alpha value is -3.39. The third kappa shape index (κ3) is 11.3. The fourth-order valence-corrected chi connectivity index (χ4v) is 3.86. The summed E-state index contributed by atoms with van der Waals surface area (Å²) in [5, 5.41) is 16.1. The van der Waals surface area contributed by atoms with Crippen LogP contribution in [0.4, 0.5) is 13.2 Å². The van der Waals surface area contributed by atoms with E-state index in [0.717, 1.165) is 5.56 Å². The van der Waals surface area contributed by atoms with Crippen molar-refractivity contribution in [3.8, 4) is 0 Å². The number of carboxylic acid groups (broad SMARTS) is 1. The van der Waals surface area contributed by atoms with Crippen molar-refractivity contribution >= 4 is 41.5 Å². The number of aliphatic carboxylic acids is 1. The Balaban J connectivity index is 0.000000905. The predicted molar refractivity (Wildman–Crippen MR) is 134 cm³/mol. The van der Waals surface area contributed by atoms with E-state index in [4.69, 9.17) is 33.1 Å². The molecule has 15 heteroatoms. The number of nitrogens with one attached hydrogen (secondary N) is 2. The molecule has 1 aromatic carbocycles. The summed E-state index contributed by atoms with van der Waals surface area (Å²) in [5.41, 5.74) is 7.11. The van der Waals surface area contributed by atoms with E-state index in [1.165, 1.54) is 11.2 Å². The summed E-state index contributed by atoms with van der Waals surface area (Å²) in [5.74, 6) is 1.19. The molecule has 1 heterocycles. The van der Waals surface area contributed by atoms with Crippen LogP contribution in [0.25, 0.3) is 0 Å². The Labute approximate surface area is 222 Å². The minimum absolute atomic E-state index is 0.197. The molecule has 1 aliphatic heterocycles. The van der Waals surface area contributed by atoms with Crippen LogP contribution in [-0.2, 0) is 25.6 Å². The van der Waals surface area contributed by atoms with Gasteiger partial charge in [0.1, 0.15) is 12.4 Å². The molecule has 1 aromatic rings. The van der Waals surface area contributed by atoms with Gasteiger partial charge in [-0.3, -0.25) is 14.4 Å². The van der Waals surface area contributed by atoms with E-state index in [1.54, 1.807) is 0 Å². The van der Waals surface area contributed by atoms with Crippen LogP contribution in [0, 0.1) is 0 Å². The quantitative estimate of drug-likeness (QED) is 0.0615. The predicted octanol–water partition coefficient (Wildman–Crippen LogP) is 0.745. The highest BCUT2D eigenvalue weighted by molar-refractivity contribution is 6.28. The van der Waals surface area contributed by atoms with Gasteiger partial charge in [-0.15, -0.1) is 11.6 Å². The SMILES string of the molecule is NN=CNCCC[C@H](NC(=O)[C@@H]1CCCN1C(=O)[C@H](N)Cc1ccccc1)C(=O)CCl.O=C(O)C(F)(F)F. The number of halogens is 4. The Morgan fingerprint density at radius 3 is 2.42 bits per heavy atom. The number of carbonyl (C=O) groups is 4. The summed E-state index contributed by atoms with van der Waals surface area (Å²) in [4.78, 5) is 48.5. The molecule has 1 saturated heterocycles. The highest BCUT2D eigenvalue weighted by Gasteiger charge is 2.38. The van der Waals surface area contributed by atoms with Gasteiger partial charge in [-0.1, -0.05) is 30.3 Å². The van der Waals surface area contributed by atoms with Crippen molar-refractivity contribution in [3.63, 3.8) is 0 Å². The second-order valence-corrected chi connectivity index (χ2v) is 8.59. The fraction of sp³-hybridized carbons (Fsp3) is 0.522. The van der Waals surface area contributed by atoms with E-state index in [-0.39, 0.29) is 23.5 Å². The normalized spacial score (nSPS) is 16.8. The van der Waals surface area contributed by atoms with Crippen molar-refractivity contribution in [1.82, 2.24) is 15.5 Å². The summed E-state index contributed by atoms with van der Waals surface area (Å²) in [6.07, 6.45) is -1.06. The highest BCUT2D eigenvalue weighted by atomic mass is 35.5. The molecule has 2 rings (SSSR count). The zero-order valence-corrected chi connectivity index (χ0v) is 21.3. The van der Waals surface area contributed by atoms with Crippen molar-refractivity contribution in [2.45, 2.75) is 56.4 Å². The van der Waals surface area contributed by atoms with Gasteiger partial charge in [-0.05, 0) is 37.7 Å². The molecule has 0 bridgehead atoms. The molecule has 0 aromatic heterocycles. The number of benzene rings is 1. The molecule has 1 aliphatic rings. The lowest BCUT2D eigenvalue weighted by atomic mass is 10.0. The molecule has 0 unspecified atom stereocenters. The number of nitrogens with two attached hydrogens (primary N) is 2. The Morgan fingerprint density at radius 2 is 1.87 bits per heavy atom. The van der Waals surface area contributed by atoms with Gasteiger partial charge in [0.25, 0.3) is 0 Å². The fourth-order valence-electron chi connectivity index (χ4n) is 3.67. The number of amides is 2. The largest absolute Gasteiger partial charge is 0.490 e. The summed E-state index contributed by atoms with van der Waals surface area (Å²) < 4.78 is 31.7. The topological polar surface area (TPSA) is 180 Å². The maximum Gasteiger partial charge on any atom is 0.490 e. The Morgan fingerprint density at radius 1 is 1.24 bits per heavy atom. The van der Waals surface area contributed by atoms with Crippen LogP contribution >= 0.6 is 11.6 Å². The molecule has 11 nitrogen and oxygen atoms in total. The Bertz CT molecular complexity index is 951. The first-order valence-electron chi connectivity index (χ1n) is 11.7. The van der Waals surface area contributed by atoms with Gasteiger partial charge in [0.2, 0.25) is 11.8 Å². The maximum absolute atomic E-state index is 12.9. The van der Waals surface area contributed by atoms with Crippen LogP contribution in [0.5, 0.6) is 0 Å². The number of nitrogens with zero attached hydrogens (tertiary/aromatic N) is 2. The Kier molecular flexibility index (Phi) is 14.1. The lowest BCUT2D eigenvalue weighted by molar-refractivity contribution is -0.192. The van der Waals surface area contributed by atoms with Gasteiger partial charge in [-0.2, -0.15) is 18.3 Å². The lowest BCUT2D eigenvalue weighted by Gasteiger charge is -2.28. The number of likely N-dealkylation sites (tertiary alicyclic amines) is 1. The van der Waals surface area contributed by atoms with Crippen LogP contribution in [0.2, 0.25) is 0 Å². The smallest absolute Gasteiger partial charge is 0.475 e. The van der Waals surface area contributed by atoms with Crippen LogP contribution in [0.15, 0.2) is 35.4 Å². The van der Waals surface area contributed by atoms with E-state index in [2.05, 4.69) is 15.7 Å². The van der Waals surface area contributed by atoms with Crippen LogP contribution in [0.1, 0.15) is 31.2 Å². The molecule has 0 spiro atoms. The van der Waals surface area contributed by atoms with Crippen molar-refractivity contribution < 1.29 is 37.5 Å². The molecule has 3 atom stereocenters. The first-order chi connectivity index (χ1) is 17.9.